The van der Waals surface area contributed by atoms with Crippen molar-refractivity contribution in [3.05, 3.63) is 12.1 Å². The molecule has 17 heavy (non-hydrogen) atoms. The van der Waals surface area contributed by atoms with Gasteiger partial charge in [0, 0.05) is 12.6 Å². The molecule has 0 bridgehead atoms. The molecule has 3 rings (SSSR count). The first-order chi connectivity index (χ1) is 8.11. The molecular formula is C12H16N4O. The minimum Gasteiger partial charge on any atom is -0.481 e. The summed E-state index contributed by atoms with van der Waals surface area (Å²) in [5.41, 5.74) is 7.96. The molecule has 0 atom stereocenters. The molecule has 0 aliphatic heterocycles. The minimum atomic E-state index is 0.368. The smallest absolute Gasteiger partial charge is 0.215 e. The Hall–Kier alpha value is -1.78. The zero-order valence-corrected chi connectivity index (χ0v) is 10.1. The molecule has 5 heteroatoms. The topological polar surface area (TPSA) is 66.0 Å². The van der Waals surface area contributed by atoms with Crippen LogP contribution in [0.1, 0.15) is 19.8 Å². The lowest BCUT2D eigenvalue weighted by atomic mass is 10.1. The summed E-state index contributed by atoms with van der Waals surface area (Å²) in [6.45, 7) is 3.15. The van der Waals surface area contributed by atoms with E-state index in [0.717, 1.165) is 17.7 Å². The fourth-order valence-electron chi connectivity index (χ4n) is 2.02. The average Bonchev–Trinajstić information content (AvgIpc) is 2.97. The maximum absolute atomic E-state index is 5.95. The Morgan fingerprint density at radius 2 is 2.18 bits per heavy atom. The first-order valence-corrected chi connectivity index (χ1v) is 5.78. The summed E-state index contributed by atoms with van der Waals surface area (Å²) < 4.78 is 7.13. The Morgan fingerprint density at radius 3 is 2.82 bits per heavy atom. The third-order valence-electron chi connectivity index (χ3n) is 3.45. The van der Waals surface area contributed by atoms with Gasteiger partial charge in [-0.3, -0.25) is 4.57 Å². The van der Waals surface area contributed by atoms with E-state index in [2.05, 4.69) is 16.9 Å². The number of nitrogen functional groups attached to an aromatic ring is 1. The highest BCUT2D eigenvalue weighted by Crippen LogP contribution is 2.47. The predicted molar refractivity (Wildman–Crippen MR) is 65.8 cm³/mol. The van der Waals surface area contributed by atoms with Gasteiger partial charge >= 0.3 is 0 Å². The molecule has 2 N–H and O–H groups in total. The van der Waals surface area contributed by atoms with E-state index in [1.807, 2.05) is 10.6 Å². The maximum Gasteiger partial charge on any atom is 0.215 e. The summed E-state index contributed by atoms with van der Waals surface area (Å²) in [7, 11) is 1.61. The van der Waals surface area contributed by atoms with Crippen molar-refractivity contribution in [3.8, 4) is 5.88 Å². The highest BCUT2D eigenvalue weighted by Gasteiger charge is 2.38. The van der Waals surface area contributed by atoms with E-state index in [4.69, 9.17) is 10.5 Å². The number of aromatic nitrogens is 3. The standard InChI is InChI=1S/C12H16N4O/c1-12(5-6-12)7-16-10-8(14-11(16)13)3-4-9(15-10)17-2/h3-4H,5-7H2,1-2H3,(H2,13,14). The highest BCUT2D eigenvalue weighted by molar-refractivity contribution is 5.74. The monoisotopic (exact) mass is 232 g/mol. The van der Waals surface area contributed by atoms with Gasteiger partial charge in [-0.15, -0.1) is 0 Å². The molecule has 2 heterocycles. The number of anilines is 1. The second-order valence-corrected chi connectivity index (χ2v) is 5.06. The van der Waals surface area contributed by atoms with Crippen LogP contribution in [0.3, 0.4) is 0 Å². The number of imidazole rings is 1. The summed E-state index contributed by atoms with van der Waals surface area (Å²) in [6.07, 6.45) is 2.49. The Kier molecular flexibility index (Phi) is 2.05. The quantitative estimate of drug-likeness (QED) is 0.876. The number of nitrogens with zero attached hydrogens (tertiary/aromatic N) is 3. The molecule has 90 valence electrons. The second kappa shape index (κ2) is 3.35. The van der Waals surface area contributed by atoms with Crippen molar-refractivity contribution in [2.45, 2.75) is 26.3 Å². The third-order valence-corrected chi connectivity index (χ3v) is 3.45. The van der Waals surface area contributed by atoms with Gasteiger partial charge in [-0.25, -0.2) is 4.98 Å². The van der Waals surface area contributed by atoms with Gasteiger partial charge in [0.25, 0.3) is 0 Å². The molecule has 0 unspecified atom stereocenters. The van der Waals surface area contributed by atoms with Crippen LogP contribution in [0.2, 0.25) is 0 Å². The van der Waals surface area contributed by atoms with E-state index in [9.17, 15) is 0 Å². The highest BCUT2D eigenvalue weighted by atomic mass is 16.5. The van der Waals surface area contributed by atoms with Gasteiger partial charge in [0.1, 0.15) is 5.52 Å². The predicted octanol–water partition coefficient (Wildman–Crippen LogP) is 1.82. The van der Waals surface area contributed by atoms with Gasteiger partial charge < -0.3 is 10.5 Å². The van der Waals surface area contributed by atoms with Gasteiger partial charge in [-0.2, -0.15) is 4.98 Å². The molecule has 0 radical (unpaired) electrons. The number of nitrogens with two attached hydrogens (primary N) is 1. The average molecular weight is 232 g/mol. The van der Waals surface area contributed by atoms with Crippen LogP contribution in [0, 0.1) is 5.41 Å². The molecule has 1 aliphatic rings. The van der Waals surface area contributed by atoms with Crippen molar-refractivity contribution in [2.24, 2.45) is 5.41 Å². The van der Waals surface area contributed by atoms with E-state index in [-0.39, 0.29) is 0 Å². The summed E-state index contributed by atoms with van der Waals surface area (Å²) in [6, 6.07) is 3.70. The molecule has 0 saturated heterocycles. The van der Waals surface area contributed by atoms with E-state index >= 15 is 0 Å². The van der Waals surface area contributed by atoms with Crippen molar-refractivity contribution in [1.29, 1.82) is 0 Å². The van der Waals surface area contributed by atoms with E-state index in [1.54, 1.807) is 13.2 Å². The molecule has 5 nitrogen and oxygen atoms in total. The number of fused-ring (bicyclic) bond motifs is 1. The Morgan fingerprint density at radius 1 is 1.41 bits per heavy atom. The Bertz CT molecular complexity index is 571. The van der Waals surface area contributed by atoms with Crippen molar-refractivity contribution in [2.75, 3.05) is 12.8 Å². The third kappa shape index (κ3) is 1.71. The van der Waals surface area contributed by atoms with Crippen LogP contribution in [0.15, 0.2) is 12.1 Å². The lowest BCUT2D eigenvalue weighted by Gasteiger charge is -2.11. The van der Waals surface area contributed by atoms with Crippen molar-refractivity contribution in [1.82, 2.24) is 14.5 Å². The molecular weight excluding hydrogens is 216 g/mol. The number of hydrogen-bond acceptors (Lipinski definition) is 4. The fraction of sp³-hybridized carbons (Fsp3) is 0.500. The maximum atomic E-state index is 5.95. The van der Waals surface area contributed by atoms with Crippen LogP contribution >= 0.6 is 0 Å². The lowest BCUT2D eigenvalue weighted by molar-refractivity contribution is 0.398. The number of ether oxygens (including phenoxy) is 1. The number of hydrogen-bond donors (Lipinski definition) is 1. The molecule has 1 saturated carbocycles. The molecule has 0 aromatic carbocycles. The van der Waals surface area contributed by atoms with Gasteiger partial charge in [0.15, 0.2) is 5.65 Å². The first-order valence-electron chi connectivity index (χ1n) is 5.78. The zero-order valence-electron chi connectivity index (χ0n) is 10.1. The first kappa shape index (κ1) is 10.4. The summed E-state index contributed by atoms with van der Waals surface area (Å²) in [4.78, 5) is 8.75. The van der Waals surface area contributed by atoms with Crippen LogP contribution < -0.4 is 10.5 Å². The molecule has 0 amide bonds. The lowest BCUT2D eigenvalue weighted by Crippen LogP contribution is -2.11. The van der Waals surface area contributed by atoms with Crippen molar-refractivity contribution >= 4 is 17.1 Å². The Labute approximate surface area is 99.6 Å². The van der Waals surface area contributed by atoms with Crippen LogP contribution in [-0.2, 0) is 6.54 Å². The van der Waals surface area contributed by atoms with Crippen molar-refractivity contribution in [3.63, 3.8) is 0 Å². The number of rotatable bonds is 3. The van der Waals surface area contributed by atoms with Crippen LogP contribution in [-0.4, -0.2) is 21.6 Å². The van der Waals surface area contributed by atoms with Gasteiger partial charge in [-0.1, -0.05) is 6.92 Å². The summed E-state index contributed by atoms with van der Waals surface area (Å²) in [5.74, 6) is 1.13. The largest absolute Gasteiger partial charge is 0.481 e. The van der Waals surface area contributed by atoms with E-state index < -0.39 is 0 Å². The molecule has 1 aliphatic carbocycles. The van der Waals surface area contributed by atoms with Crippen LogP contribution in [0.25, 0.3) is 11.2 Å². The van der Waals surface area contributed by atoms with E-state index in [1.165, 1.54) is 12.8 Å². The van der Waals surface area contributed by atoms with Crippen molar-refractivity contribution < 1.29 is 4.74 Å². The molecule has 1 fully saturated rings. The molecule has 2 aromatic rings. The molecule has 0 spiro atoms. The normalized spacial score (nSPS) is 17.3. The van der Waals surface area contributed by atoms with Gasteiger partial charge in [0.05, 0.1) is 7.11 Å². The van der Waals surface area contributed by atoms with Crippen LogP contribution in [0.5, 0.6) is 5.88 Å². The van der Waals surface area contributed by atoms with Gasteiger partial charge in [-0.05, 0) is 24.3 Å². The number of pyridine rings is 1. The second-order valence-electron chi connectivity index (χ2n) is 5.06. The summed E-state index contributed by atoms with van der Waals surface area (Å²) in [5, 5.41) is 0. The van der Waals surface area contributed by atoms with Crippen LogP contribution in [0.4, 0.5) is 5.95 Å². The number of methoxy groups -OCH3 is 1. The SMILES string of the molecule is COc1ccc2nc(N)n(CC3(C)CC3)c2n1. The molecule has 2 aromatic heterocycles. The van der Waals surface area contributed by atoms with E-state index in [0.29, 0.717) is 17.2 Å². The minimum absolute atomic E-state index is 0.368. The zero-order chi connectivity index (χ0) is 12.0. The Balaban J connectivity index is 2.10. The summed E-state index contributed by atoms with van der Waals surface area (Å²) >= 11 is 0. The fourth-order valence-corrected chi connectivity index (χ4v) is 2.02. The van der Waals surface area contributed by atoms with Gasteiger partial charge in [0.2, 0.25) is 11.8 Å².